The molecule has 0 bridgehead atoms. The number of hydrogen-bond acceptors (Lipinski definition) is 5. The lowest BCUT2D eigenvalue weighted by Crippen LogP contribution is -2.11. The highest BCUT2D eigenvalue weighted by Crippen LogP contribution is 2.25. The lowest BCUT2D eigenvalue weighted by Gasteiger charge is -2.08. The molecule has 1 aliphatic rings. The summed E-state index contributed by atoms with van der Waals surface area (Å²) in [5, 5.41) is 12.5. The fourth-order valence-corrected chi connectivity index (χ4v) is 2.67. The van der Waals surface area contributed by atoms with Crippen LogP contribution in [-0.4, -0.2) is 46.6 Å². The molecule has 0 aromatic carbocycles. The molecule has 110 valence electrons. The molecular formula is C14H15N3O4. The van der Waals surface area contributed by atoms with Gasteiger partial charge < -0.3 is 19.6 Å². The molecule has 2 aromatic heterocycles. The Balaban J connectivity index is 2.19. The number of fused-ring (bicyclic) bond motifs is 1. The summed E-state index contributed by atoms with van der Waals surface area (Å²) in [6, 6.07) is 3.14. The third kappa shape index (κ3) is 2.25. The van der Waals surface area contributed by atoms with Crippen molar-refractivity contribution in [2.45, 2.75) is 12.3 Å². The molecule has 3 rings (SSSR count). The number of esters is 1. The molecule has 21 heavy (non-hydrogen) atoms. The van der Waals surface area contributed by atoms with Gasteiger partial charge in [0.2, 0.25) is 0 Å². The van der Waals surface area contributed by atoms with Gasteiger partial charge in [-0.1, -0.05) is 0 Å². The van der Waals surface area contributed by atoms with E-state index >= 15 is 0 Å². The van der Waals surface area contributed by atoms with E-state index in [1.165, 1.54) is 7.11 Å². The Morgan fingerprint density at radius 1 is 1.48 bits per heavy atom. The molecule has 0 saturated carbocycles. The molecule has 1 unspecified atom stereocenters. The van der Waals surface area contributed by atoms with Crippen LogP contribution in [0.3, 0.4) is 0 Å². The summed E-state index contributed by atoms with van der Waals surface area (Å²) in [4.78, 5) is 27.2. The average molecular weight is 289 g/mol. The van der Waals surface area contributed by atoms with Gasteiger partial charge in [-0.2, -0.15) is 0 Å². The number of rotatable bonds is 3. The standard InChI is InChI=1S/C14H15N3O4/c1-21-14(20)9-2-3-10-11(13(18)19)16-12(17(10)7-9)8-4-5-15-6-8/h2-3,7-8,15H,4-6H2,1H3,(H,18,19). The van der Waals surface area contributed by atoms with Crippen molar-refractivity contribution in [1.29, 1.82) is 0 Å². The van der Waals surface area contributed by atoms with Gasteiger partial charge in [-0.3, -0.25) is 0 Å². The summed E-state index contributed by atoms with van der Waals surface area (Å²) in [6.45, 7) is 1.62. The number of carbonyl (C=O) groups is 2. The summed E-state index contributed by atoms with van der Waals surface area (Å²) < 4.78 is 6.39. The van der Waals surface area contributed by atoms with Crippen LogP contribution in [-0.2, 0) is 4.74 Å². The summed E-state index contributed by atoms with van der Waals surface area (Å²) in [7, 11) is 1.31. The maximum absolute atomic E-state index is 11.6. The number of aromatic nitrogens is 2. The van der Waals surface area contributed by atoms with Crippen LogP contribution >= 0.6 is 0 Å². The second kappa shape index (κ2) is 5.17. The largest absolute Gasteiger partial charge is 0.476 e. The quantitative estimate of drug-likeness (QED) is 0.815. The number of nitrogens with zero attached hydrogens (tertiary/aromatic N) is 2. The van der Waals surface area contributed by atoms with E-state index < -0.39 is 11.9 Å². The molecule has 7 nitrogen and oxygen atoms in total. The Hall–Kier alpha value is -2.41. The van der Waals surface area contributed by atoms with E-state index in [0.29, 0.717) is 16.9 Å². The van der Waals surface area contributed by atoms with E-state index in [9.17, 15) is 14.7 Å². The highest BCUT2D eigenvalue weighted by atomic mass is 16.5. The first-order valence-corrected chi connectivity index (χ1v) is 6.66. The predicted octanol–water partition coefficient (Wildman–Crippen LogP) is 0.896. The summed E-state index contributed by atoms with van der Waals surface area (Å²) in [5.41, 5.74) is 0.858. The van der Waals surface area contributed by atoms with Gasteiger partial charge in [0.05, 0.1) is 18.2 Å². The Labute approximate surface area is 120 Å². The summed E-state index contributed by atoms with van der Waals surface area (Å²) in [6.07, 6.45) is 2.48. The fraction of sp³-hybridized carbons (Fsp3) is 0.357. The van der Waals surface area contributed by atoms with Gasteiger partial charge in [-0.15, -0.1) is 0 Å². The van der Waals surface area contributed by atoms with Crippen molar-refractivity contribution >= 4 is 17.5 Å². The Morgan fingerprint density at radius 2 is 2.29 bits per heavy atom. The van der Waals surface area contributed by atoms with Crippen molar-refractivity contribution in [2.24, 2.45) is 0 Å². The molecule has 3 heterocycles. The first-order chi connectivity index (χ1) is 10.1. The molecule has 0 amide bonds. The van der Waals surface area contributed by atoms with Crippen LogP contribution in [0.5, 0.6) is 0 Å². The van der Waals surface area contributed by atoms with Gasteiger partial charge in [0.25, 0.3) is 0 Å². The monoisotopic (exact) mass is 289 g/mol. The molecule has 1 saturated heterocycles. The van der Waals surface area contributed by atoms with Gasteiger partial charge in [0.1, 0.15) is 5.82 Å². The van der Waals surface area contributed by atoms with Gasteiger partial charge >= 0.3 is 11.9 Å². The van der Waals surface area contributed by atoms with E-state index in [1.54, 1.807) is 22.7 Å². The molecule has 1 fully saturated rings. The van der Waals surface area contributed by atoms with Crippen molar-refractivity contribution in [2.75, 3.05) is 20.2 Å². The maximum Gasteiger partial charge on any atom is 0.356 e. The van der Waals surface area contributed by atoms with Crippen LogP contribution in [0.25, 0.3) is 5.52 Å². The molecule has 2 aromatic rings. The minimum Gasteiger partial charge on any atom is -0.476 e. The number of methoxy groups -OCH3 is 1. The van der Waals surface area contributed by atoms with Crippen LogP contribution in [0.2, 0.25) is 0 Å². The van der Waals surface area contributed by atoms with Gasteiger partial charge in [0.15, 0.2) is 5.69 Å². The first-order valence-electron chi connectivity index (χ1n) is 6.66. The van der Waals surface area contributed by atoms with Crippen LogP contribution < -0.4 is 5.32 Å². The number of imidazole rings is 1. The van der Waals surface area contributed by atoms with E-state index in [0.717, 1.165) is 19.5 Å². The Bertz CT molecular complexity index is 716. The summed E-state index contributed by atoms with van der Waals surface area (Å²) >= 11 is 0. The molecule has 2 N–H and O–H groups in total. The number of carboxylic acid groups (broad SMARTS) is 1. The second-order valence-electron chi connectivity index (χ2n) is 4.98. The van der Waals surface area contributed by atoms with Crippen molar-refractivity contribution in [3.05, 3.63) is 35.4 Å². The van der Waals surface area contributed by atoms with Crippen molar-refractivity contribution < 1.29 is 19.4 Å². The minimum absolute atomic E-state index is 0.00770. The fourth-order valence-electron chi connectivity index (χ4n) is 2.67. The number of carbonyl (C=O) groups excluding carboxylic acids is 1. The topological polar surface area (TPSA) is 92.9 Å². The van der Waals surface area contributed by atoms with Crippen molar-refractivity contribution in [1.82, 2.24) is 14.7 Å². The van der Waals surface area contributed by atoms with Gasteiger partial charge in [0, 0.05) is 18.7 Å². The van der Waals surface area contributed by atoms with Crippen molar-refractivity contribution in [3.8, 4) is 0 Å². The second-order valence-corrected chi connectivity index (χ2v) is 4.98. The average Bonchev–Trinajstić information content (AvgIpc) is 3.12. The van der Waals surface area contributed by atoms with Crippen LogP contribution in [0.15, 0.2) is 18.3 Å². The molecule has 1 aliphatic heterocycles. The zero-order chi connectivity index (χ0) is 15.0. The highest BCUT2D eigenvalue weighted by Gasteiger charge is 2.25. The predicted molar refractivity (Wildman–Crippen MR) is 73.7 cm³/mol. The van der Waals surface area contributed by atoms with Gasteiger partial charge in [-0.05, 0) is 25.1 Å². The number of aromatic carboxylic acids is 1. The molecule has 1 atom stereocenters. The number of pyridine rings is 1. The number of ether oxygens (including phenoxy) is 1. The molecule has 0 aliphatic carbocycles. The zero-order valence-corrected chi connectivity index (χ0v) is 11.5. The smallest absolute Gasteiger partial charge is 0.356 e. The Morgan fingerprint density at radius 3 is 2.90 bits per heavy atom. The Kier molecular flexibility index (Phi) is 3.34. The van der Waals surface area contributed by atoms with E-state index in [-0.39, 0.29) is 11.6 Å². The maximum atomic E-state index is 11.6. The van der Waals surface area contributed by atoms with Crippen LogP contribution in [0.1, 0.15) is 39.0 Å². The SMILES string of the molecule is COC(=O)c1ccc2c(C(=O)O)nc(C3CCNC3)n2c1. The first kappa shape index (κ1) is 13.6. The zero-order valence-electron chi connectivity index (χ0n) is 11.5. The lowest BCUT2D eigenvalue weighted by molar-refractivity contribution is 0.0599. The van der Waals surface area contributed by atoms with E-state index in [1.807, 2.05) is 0 Å². The highest BCUT2D eigenvalue weighted by molar-refractivity contribution is 5.95. The van der Waals surface area contributed by atoms with Crippen LogP contribution in [0.4, 0.5) is 0 Å². The number of carboxylic acids is 1. The number of hydrogen-bond donors (Lipinski definition) is 2. The molecular weight excluding hydrogens is 274 g/mol. The lowest BCUT2D eigenvalue weighted by atomic mass is 10.1. The minimum atomic E-state index is -1.07. The molecule has 0 radical (unpaired) electrons. The normalized spacial score (nSPS) is 18.0. The summed E-state index contributed by atoms with van der Waals surface area (Å²) in [5.74, 6) is -0.731. The van der Waals surface area contributed by atoms with E-state index in [4.69, 9.17) is 4.74 Å². The van der Waals surface area contributed by atoms with Gasteiger partial charge in [-0.25, -0.2) is 14.6 Å². The molecule has 7 heteroatoms. The third-order valence-corrected chi connectivity index (χ3v) is 3.71. The number of nitrogens with one attached hydrogen (secondary N) is 1. The van der Waals surface area contributed by atoms with Crippen molar-refractivity contribution in [3.63, 3.8) is 0 Å². The van der Waals surface area contributed by atoms with Crippen LogP contribution in [0, 0.1) is 0 Å². The third-order valence-electron chi connectivity index (χ3n) is 3.71. The molecule has 0 spiro atoms. The van der Waals surface area contributed by atoms with E-state index in [2.05, 4.69) is 10.3 Å².